The fraction of sp³-hybridized carbons (Fsp3) is 0.345. The highest BCUT2D eigenvalue weighted by Crippen LogP contribution is 2.34. The van der Waals surface area contributed by atoms with Gasteiger partial charge in [-0.1, -0.05) is 30.3 Å². The number of benzene rings is 3. The van der Waals surface area contributed by atoms with Crippen LogP contribution in [-0.4, -0.2) is 74.6 Å². The first kappa shape index (κ1) is 24.9. The lowest BCUT2D eigenvalue weighted by atomic mass is 10.0. The SMILES string of the molecule is COc1ccc(-c2ccccc2N2CCN(C[C@@H](O)COc3ccc4c(c3)NC(=O)C(C)O4)CC2)cc1. The van der Waals surface area contributed by atoms with Gasteiger partial charge >= 0.3 is 0 Å². The summed E-state index contributed by atoms with van der Waals surface area (Å²) < 4.78 is 16.7. The van der Waals surface area contributed by atoms with Crippen LogP contribution >= 0.6 is 0 Å². The van der Waals surface area contributed by atoms with E-state index >= 15 is 0 Å². The summed E-state index contributed by atoms with van der Waals surface area (Å²) in [5.41, 5.74) is 4.16. The van der Waals surface area contributed by atoms with Gasteiger partial charge in [-0.05, 0) is 42.8 Å². The molecule has 1 fully saturated rings. The fourth-order valence-corrected chi connectivity index (χ4v) is 4.76. The third-order valence-corrected chi connectivity index (χ3v) is 6.81. The minimum atomic E-state index is -0.625. The molecule has 194 valence electrons. The maximum atomic E-state index is 11.9. The topological polar surface area (TPSA) is 83.5 Å². The van der Waals surface area contributed by atoms with E-state index in [1.165, 1.54) is 11.3 Å². The van der Waals surface area contributed by atoms with Crippen LogP contribution in [0.4, 0.5) is 11.4 Å². The second-order valence-electron chi connectivity index (χ2n) is 9.41. The van der Waals surface area contributed by atoms with Crippen molar-refractivity contribution in [2.24, 2.45) is 0 Å². The zero-order valence-corrected chi connectivity index (χ0v) is 21.2. The number of carbonyl (C=O) groups excluding carboxylic acids is 1. The zero-order chi connectivity index (χ0) is 25.8. The van der Waals surface area contributed by atoms with Crippen molar-refractivity contribution in [3.05, 3.63) is 66.7 Å². The van der Waals surface area contributed by atoms with E-state index in [0.717, 1.165) is 37.5 Å². The molecule has 3 aromatic rings. The van der Waals surface area contributed by atoms with Gasteiger partial charge in [0.15, 0.2) is 6.10 Å². The summed E-state index contributed by atoms with van der Waals surface area (Å²) in [5, 5.41) is 13.4. The number of carbonyl (C=O) groups is 1. The average molecular weight is 504 g/mol. The highest BCUT2D eigenvalue weighted by Gasteiger charge is 2.24. The number of nitrogens with zero attached hydrogens (tertiary/aromatic N) is 2. The maximum absolute atomic E-state index is 11.9. The molecule has 0 aromatic heterocycles. The Morgan fingerprint density at radius 2 is 1.76 bits per heavy atom. The van der Waals surface area contributed by atoms with E-state index in [4.69, 9.17) is 14.2 Å². The number of amides is 1. The molecule has 0 aliphatic carbocycles. The summed E-state index contributed by atoms with van der Waals surface area (Å²) >= 11 is 0. The van der Waals surface area contributed by atoms with E-state index < -0.39 is 12.2 Å². The van der Waals surface area contributed by atoms with Gasteiger partial charge in [0.1, 0.15) is 30.0 Å². The first-order valence-electron chi connectivity index (χ1n) is 12.6. The minimum absolute atomic E-state index is 0.171. The number of nitrogens with one attached hydrogen (secondary N) is 1. The highest BCUT2D eigenvalue weighted by molar-refractivity contribution is 5.97. The number of piperazine rings is 1. The maximum Gasteiger partial charge on any atom is 0.265 e. The van der Waals surface area contributed by atoms with Gasteiger partial charge in [0.2, 0.25) is 0 Å². The third-order valence-electron chi connectivity index (χ3n) is 6.81. The van der Waals surface area contributed by atoms with Crippen LogP contribution in [0.3, 0.4) is 0 Å². The number of hydrogen-bond donors (Lipinski definition) is 2. The molecular formula is C29H33N3O5. The van der Waals surface area contributed by atoms with Crippen molar-refractivity contribution < 1.29 is 24.1 Å². The Bertz CT molecular complexity index is 1220. The van der Waals surface area contributed by atoms with E-state index in [1.54, 1.807) is 32.2 Å². The highest BCUT2D eigenvalue weighted by atomic mass is 16.5. The number of anilines is 2. The molecule has 8 nitrogen and oxygen atoms in total. The van der Waals surface area contributed by atoms with E-state index in [1.807, 2.05) is 12.1 Å². The Morgan fingerprint density at radius 1 is 1.03 bits per heavy atom. The third kappa shape index (κ3) is 5.81. The monoisotopic (exact) mass is 503 g/mol. The molecule has 0 saturated carbocycles. The Morgan fingerprint density at radius 3 is 2.51 bits per heavy atom. The van der Waals surface area contributed by atoms with Gasteiger partial charge < -0.3 is 29.5 Å². The van der Waals surface area contributed by atoms with Crippen LogP contribution in [0.15, 0.2) is 66.7 Å². The van der Waals surface area contributed by atoms with Crippen molar-refractivity contribution in [3.8, 4) is 28.4 Å². The smallest absolute Gasteiger partial charge is 0.265 e. The standard InChI is InChI=1S/C29H33N3O5/c1-20-29(34)30-26-17-24(11-12-28(26)37-20)36-19-22(33)18-31-13-15-32(16-14-31)27-6-4-3-5-25(27)21-7-9-23(35-2)10-8-21/h3-12,17,20,22,33H,13-16,18-19H2,1-2H3,(H,30,34)/t20?,22-/m1/s1. The molecule has 37 heavy (non-hydrogen) atoms. The van der Waals surface area contributed by atoms with E-state index in [9.17, 15) is 9.90 Å². The largest absolute Gasteiger partial charge is 0.497 e. The lowest BCUT2D eigenvalue weighted by Crippen LogP contribution is -2.49. The molecule has 8 heteroatoms. The predicted molar refractivity (Wildman–Crippen MR) is 144 cm³/mol. The minimum Gasteiger partial charge on any atom is -0.497 e. The molecule has 2 atom stereocenters. The van der Waals surface area contributed by atoms with Crippen LogP contribution < -0.4 is 24.4 Å². The second-order valence-corrected chi connectivity index (χ2v) is 9.41. The summed E-state index contributed by atoms with van der Waals surface area (Å²) in [6.45, 7) is 5.88. The summed E-state index contributed by atoms with van der Waals surface area (Å²) in [5.74, 6) is 1.86. The summed E-state index contributed by atoms with van der Waals surface area (Å²) in [6.07, 6.45) is -1.14. The molecule has 1 amide bonds. The Hall–Kier alpha value is -3.75. The number of aliphatic hydroxyl groups is 1. The van der Waals surface area contributed by atoms with Crippen LogP contribution in [0, 0.1) is 0 Å². The first-order chi connectivity index (χ1) is 18.0. The Labute approximate surface area is 217 Å². The zero-order valence-electron chi connectivity index (χ0n) is 21.2. The lowest BCUT2D eigenvalue weighted by Gasteiger charge is -2.37. The van der Waals surface area contributed by atoms with Crippen molar-refractivity contribution in [1.82, 2.24) is 4.90 Å². The van der Waals surface area contributed by atoms with Crippen LogP contribution in [0.5, 0.6) is 17.2 Å². The fourth-order valence-electron chi connectivity index (χ4n) is 4.76. The van der Waals surface area contributed by atoms with Gasteiger partial charge in [0, 0.05) is 50.0 Å². The molecule has 2 N–H and O–H groups in total. The molecular weight excluding hydrogens is 470 g/mol. The number of para-hydroxylation sites is 1. The number of β-amino-alcohol motifs (C(OH)–C–C–N with tert-alkyl or cyclic N) is 1. The van der Waals surface area contributed by atoms with Crippen molar-refractivity contribution >= 4 is 17.3 Å². The van der Waals surface area contributed by atoms with Crippen molar-refractivity contribution in [3.63, 3.8) is 0 Å². The summed E-state index contributed by atoms with van der Waals surface area (Å²) in [6, 6.07) is 21.9. The summed E-state index contributed by atoms with van der Waals surface area (Å²) in [7, 11) is 1.68. The van der Waals surface area contributed by atoms with Crippen molar-refractivity contribution in [1.29, 1.82) is 0 Å². The quantitative estimate of drug-likeness (QED) is 0.486. The molecule has 1 saturated heterocycles. The lowest BCUT2D eigenvalue weighted by molar-refractivity contribution is -0.122. The van der Waals surface area contributed by atoms with Gasteiger partial charge in [0.25, 0.3) is 5.91 Å². The second kappa shape index (κ2) is 11.1. The van der Waals surface area contributed by atoms with E-state index in [0.29, 0.717) is 23.7 Å². The molecule has 1 unspecified atom stereocenters. The molecule has 0 spiro atoms. The van der Waals surface area contributed by atoms with E-state index in [2.05, 4.69) is 51.5 Å². The van der Waals surface area contributed by atoms with Crippen LogP contribution in [-0.2, 0) is 4.79 Å². The van der Waals surface area contributed by atoms with Gasteiger partial charge in [-0.25, -0.2) is 0 Å². The van der Waals surface area contributed by atoms with Gasteiger partial charge in [-0.3, -0.25) is 9.69 Å². The molecule has 2 heterocycles. The number of rotatable bonds is 8. The molecule has 0 radical (unpaired) electrons. The van der Waals surface area contributed by atoms with Gasteiger partial charge in [0.05, 0.1) is 12.8 Å². The van der Waals surface area contributed by atoms with Gasteiger partial charge in [-0.2, -0.15) is 0 Å². The van der Waals surface area contributed by atoms with Gasteiger partial charge in [-0.15, -0.1) is 0 Å². The van der Waals surface area contributed by atoms with Crippen LogP contribution in [0.2, 0.25) is 0 Å². The van der Waals surface area contributed by atoms with Crippen LogP contribution in [0.25, 0.3) is 11.1 Å². The number of ether oxygens (including phenoxy) is 3. The number of hydrogen-bond acceptors (Lipinski definition) is 7. The van der Waals surface area contributed by atoms with E-state index in [-0.39, 0.29) is 12.5 Å². The molecule has 5 rings (SSSR count). The number of aliphatic hydroxyl groups excluding tert-OH is 1. The van der Waals surface area contributed by atoms with Crippen molar-refractivity contribution in [2.45, 2.75) is 19.1 Å². The molecule has 0 bridgehead atoms. The van der Waals surface area contributed by atoms with Crippen molar-refractivity contribution in [2.75, 3.05) is 56.7 Å². The summed E-state index contributed by atoms with van der Waals surface area (Å²) in [4.78, 5) is 16.5. The molecule has 2 aliphatic heterocycles. The average Bonchev–Trinajstić information content (AvgIpc) is 2.93. The Kier molecular flexibility index (Phi) is 7.48. The molecule has 2 aliphatic rings. The molecule has 3 aromatic carbocycles. The first-order valence-corrected chi connectivity index (χ1v) is 12.6. The number of fused-ring (bicyclic) bond motifs is 1. The van der Waals surface area contributed by atoms with Crippen LogP contribution in [0.1, 0.15) is 6.92 Å². The normalized spacial score (nSPS) is 18.4. The Balaban J connectivity index is 1.13. The predicted octanol–water partition coefficient (Wildman–Crippen LogP) is 3.64. The number of methoxy groups -OCH3 is 1.